The first-order chi connectivity index (χ1) is 16.5. The lowest BCUT2D eigenvalue weighted by Crippen LogP contribution is -2.09. The first-order valence-electron chi connectivity index (χ1n) is 12.5. The molecule has 6 nitrogen and oxygen atoms in total. The van der Waals surface area contributed by atoms with Crippen LogP contribution in [-0.2, 0) is 31.0 Å². The number of hydrogen-bond acceptors (Lipinski definition) is 6. The molecule has 0 bridgehead atoms. The average Bonchev–Trinajstić information content (AvgIpc) is 2.85. The molecule has 2 aromatic carbocycles. The Kier molecular flexibility index (Phi) is 12.5. The quantitative estimate of drug-likeness (QED) is 0.138. The number of unbranched alkanes of at least 4 members (excludes halogenated alkanes) is 9. The maximum Gasteiger partial charge on any atom is 0.338 e. The van der Waals surface area contributed by atoms with Crippen LogP contribution in [0.5, 0.6) is 11.5 Å². The zero-order valence-corrected chi connectivity index (χ0v) is 20.4. The van der Waals surface area contributed by atoms with Crippen LogP contribution in [0.2, 0.25) is 0 Å². The smallest absolute Gasteiger partial charge is 0.338 e. The maximum absolute atomic E-state index is 12.8. The van der Waals surface area contributed by atoms with Gasteiger partial charge in [0.1, 0.15) is 6.61 Å². The van der Waals surface area contributed by atoms with Gasteiger partial charge in [0.15, 0.2) is 11.5 Å². The second-order valence-electron chi connectivity index (χ2n) is 8.94. The van der Waals surface area contributed by atoms with Crippen molar-refractivity contribution in [3.8, 4) is 11.5 Å². The first-order valence-corrected chi connectivity index (χ1v) is 12.5. The highest BCUT2D eigenvalue weighted by atomic mass is 16.5. The van der Waals surface area contributed by atoms with Crippen molar-refractivity contribution in [3.63, 3.8) is 0 Å². The number of carbonyl (C=O) groups is 1. The van der Waals surface area contributed by atoms with Crippen LogP contribution in [0.1, 0.15) is 104 Å². The number of benzene rings is 2. The van der Waals surface area contributed by atoms with Gasteiger partial charge >= 0.3 is 5.97 Å². The SMILES string of the molecule is CCCCCCCCCCCCc1c(C(=O)OCc2cc(CO)cc(CO)c2)ccc(O)c1O. The van der Waals surface area contributed by atoms with Crippen molar-refractivity contribution in [2.24, 2.45) is 0 Å². The summed E-state index contributed by atoms with van der Waals surface area (Å²) >= 11 is 0. The van der Waals surface area contributed by atoms with Gasteiger partial charge in [-0.05, 0) is 41.7 Å². The Labute approximate surface area is 203 Å². The highest BCUT2D eigenvalue weighted by Crippen LogP contribution is 2.33. The van der Waals surface area contributed by atoms with Crippen LogP contribution in [0.4, 0.5) is 0 Å². The van der Waals surface area contributed by atoms with Crippen molar-refractivity contribution in [2.45, 2.75) is 97.4 Å². The summed E-state index contributed by atoms with van der Waals surface area (Å²) in [4.78, 5) is 12.8. The fourth-order valence-electron chi connectivity index (χ4n) is 4.19. The van der Waals surface area contributed by atoms with Crippen LogP contribution in [-0.4, -0.2) is 26.4 Å². The molecule has 0 aliphatic carbocycles. The van der Waals surface area contributed by atoms with Gasteiger partial charge < -0.3 is 25.2 Å². The van der Waals surface area contributed by atoms with Crippen molar-refractivity contribution in [3.05, 3.63) is 58.1 Å². The Balaban J connectivity index is 1.90. The highest BCUT2D eigenvalue weighted by Gasteiger charge is 2.19. The van der Waals surface area contributed by atoms with Gasteiger partial charge in [-0.3, -0.25) is 0 Å². The summed E-state index contributed by atoms with van der Waals surface area (Å²) < 4.78 is 5.45. The van der Waals surface area contributed by atoms with E-state index in [0.717, 1.165) is 19.3 Å². The normalized spacial score (nSPS) is 11.0. The van der Waals surface area contributed by atoms with Gasteiger partial charge in [-0.25, -0.2) is 4.79 Å². The lowest BCUT2D eigenvalue weighted by atomic mass is 9.98. The molecular weight excluding hydrogens is 432 g/mol. The minimum Gasteiger partial charge on any atom is -0.504 e. The topological polar surface area (TPSA) is 107 Å². The second kappa shape index (κ2) is 15.4. The van der Waals surface area contributed by atoms with E-state index >= 15 is 0 Å². The molecular formula is C28H40O6. The number of rotatable bonds is 16. The Morgan fingerprint density at radius 2 is 1.29 bits per heavy atom. The minimum absolute atomic E-state index is 0.0288. The fourth-order valence-corrected chi connectivity index (χ4v) is 4.19. The van der Waals surface area contributed by atoms with Crippen LogP contribution >= 0.6 is 0 Å². The maximum atomic E-state index is 12.8. The molecule has 0 amide bonds. The number of carbonyl (C=O) groups excluding carboxylic acids is 1. The third-order valence-electron chi connectivity index (χ3n) is 6.11. The van der Waals surface area contributed by atoms with Crippen molar-refractivity contribution in [1.29, 1.82) is 0 Å². The Morgan fingerprint density at radius 3 is 1.85 bits per heavy atom. The van der Waals surface area contributed by atoms with E-state index < -0.39 is 5.97 Å². The Morgan fingerprint density at radius 1 is 0.765 bits per heavy atom. The second-order valence-corrected chi connectivity index (χ2v) is 8.94. The van der Waals surface area contributed by atoms with E-state index in [2.05, 4.69) is 6.92 Å². The standard InChI is InChI=1S/C28H40O6/c1-2-3-4-5-6-7-8-9-10-11-12-24-25(13-14-26(31)27(24)32)28(33)34-20-23-16-21(18-29)15-22(17-23)19-30/h13-17,29-32H,2-12,18-20H2,1H3. The molecule has 0 saturated heterocycles. The Bertz CT molecular complexity index is 870. The third kappa shape index (κ3) is 8.99. The number of hydrogen-bond donors (Lipinski definition) is 4. The van der Waals surface area contributed by atoms with Crippen LogP contribution < -0.4 is 0 Å². The summed E-state index contributed by atoms with van der Waals surface area (Å²) in [5.74, 6) is -1.10. The van der Waals surface area contributed by atoms with Crippen molar-refractivity contribution in [1.82, 2.24) is 0 Å². The van der Waals surface area contributed by atoms with E-state index in [1.807, 2.05) is 0 Å². The van der Waals surface area contributed by atoms with E-state index in [1.54, 1.807) is 18.2 Å². The van der Waals surface area contributed by atoms with Gasteiger partial charge in [-0.15, -0.1) is 0 Å². The molecule has 0 spiro atoms. The molecule has 0 aliphatic rings. The largest absolute Gasteiger partial charge is 0.504 e. The predicted molar refractivity (Wildman–Crippen MR) is 133 cm³/mol. The van der Waals surface area contributed by atoms with E-state index in [-0.39, 0.29) is 36.9 Å². The number of aromatic hydroxyl groups is 2. The van der Waals surface area contributed by atoms with Gasteiger partial charge in [-0.1, -0.05) is 82.9 Å². The van der Waals surface area contributed by atoms with Crippen LogP contribution in [0.15, 0.2) is 30.3 Å². The molecule has 0 radical (unpaired) electrons. The minimum atomic E-state index is -0.586. The summed E-state index contributed by atoms with van der Waals surface area (Å²) in [5, 5.41) is 39.1. The lowest BCUT2D eigenvalue weighted by Gasteiger charge is -2.13. The first kappa shape index (κ1) is 27.7. The van der Waals surface area contributed by atoms with Gasteiger partial charge in [0.25, 0.3) is 0 Å². The Hall–Kier alpha value is -2.57. The number of aliphatic hydroxyl groups is 2. The summed E-state index contributed by atoms with van der Waals surface area (Å²) in [6, 6.07) is 7.89. The van der Waals surface area contributed by atoms with E-state index in [9.17, 15) is 25.2 Å². The molecule has 4 N–H and O–H groups in total. The molecule has 0 saturated carbocycles. The molecule has 0 heterocycles. The van der Waals surface area contributed by atoms with E-state index in [4.69, 9.17) is 4.74 Å². The van der Waals surface area contributed by atoms with Gasteiger partial charge in [0, 0.05) is 5.56 Å². The zero-order valence-electron chi connectivity index (χ0n) is 20.4. The van der Waals surface area contributed by atoms with E-state index in [0.29, 0.717) is 28.7 Å². The number of phenolic OH excluding ortho intramolecular Hbond substituents is 2. The molecule has 6 heteroatoms. The molecule has 0 atom stereocenters. The van der Waals surface area contributed by atoms with Gasteiger partial charge in [0.05, 0.1) is 18.8 Å². The highest BCUT2D eigenvalue weighted by molar-refractivity contribution is 5.92. The van der Waals surface area contributed by atoms with Crippen molar-refractivity contribution < 1.29 is 30.0 Å². The van der Waals surface area contributed by atoms with Gasteiger partial charge in [-0.2, -0.15) is 0 Å². The molecule has 34 heavy (non-hydrogen) atoms. The number of aliphatic hydroxyl groups excluding tert-OH is 2. The summed E-state index contributed by atoms with van der Waals surface area (Å²) in [5.41, 5.74) is 2.56. The predicted octanol–water partition coefficient (Wildman–Crippen LogP) is 5.90. The fraction of sp³-hybridized carbons (Fsp3) is 0.536. The van der Waals surface area contributed by atoms with Crippen molar-refractivity contribution >= 4 is 5.97 Å². The average molecular weight is 473 g/mol. The van der Waals surface area contributed by atoms with Gasteiger partial charge in [0.2, 0.25) is 0 Å². The summed E-state index contributed by atoms with van der Waals surface area (Å²) in [6.07, 6.45) is 12.3. The zero-order chi connectivity index (χ0) is 24.8. The monoisotopic (exact) mass is 472 g/mol. The molecule has 188 valence electrons. The third-order valence-corrected chi connectivity index (χ3v) is 6.11. The van der Waals surface area contributed by atoms with Crippen LogP contribution in [0, 0.1) is 0 Å². The molecule has 0 aliphatic heterocycles. The van der Waals surface area contributed by atoms with Crippen molar-refractivity contribution in [2.75, 3.05) is 0 Å². The number of phenols is 2. The van der Waals surface area contributed by atoms with E-state index in [1.165, 1.54) is 57.1 Å². The molecule has 2 aromatic rings. The van der Waals surface area contributed by atoms with Crippen LogP contribution in [0.25, 0.3) is 0 Å². The summed E-state index contributed by atoms with van der Waals surface area (Å²) in [6.45, 7) is 1.84. The number of esters is 1. The molecule has 2 rings (SSSR count). The molecule has 0 unspecified atom stereocenters. The molecule has 0 aromatic heterocycles. The summed E-state index contributed by atoms with van der Waals surface area (Å²) in [7, 11) is 0. The van der Waals surface area contributed by atoms with Crippen LogP contribution in [0.3, 0.4) is 0 Å². The number of ether oxygens (including phenoxy) is 1. The molecule has 0 fully saturated rings. The lowest BCUT2D eigenvalue weighted by molar-refractivity contribution is 0.0470.